The molecule has 1 heterocycles. The summed E-state index contributed by atoms with van der Waals surface area (Å²) in [5.74, 6) is -0.787. The Morgan fingerprint density at radius 3 is 2.58 bits per heavy atom. The van der Waals surface area contributed by atoms with E-state index in [9.17, 15) is 9.59 Å². The van der Waals surface area contributed by atoms with Gasteiger partial charge in [0.25, 0.3) is 5.91 Å². The number of thiophene rings is 1. The Kier molecular flexibility index (Phi) is 5.38. The van der Waals surface area contributed by atoms with E-state index in [1.165, 1.54) is 22.5 Å². The summed E-state index contributed by atoms with van der Waals surface area (Å²) in [6.07, 6.45) is 0. The van der Waals surface area contributed by atoms with E-state index < -0.39 is 5.97 Å². The van der Waals surface area contributed by atoms with Gasteiger partial charge in [-0.2, -0.15) is 0 Å². The molecule has 5 heteroatoms. The van der Waals surface area contributed by atoms with Crippen LogP contribution in [-0.4, -0.2) is 18.5 Å². The van der Waals surface area contributed by atoms with Crippen molar-refractivity contribution in [3.05, 3.63) is 70.1 Å². The minimum atomic E-state index is -0.472. The summed E-state index contributed by atoms with van der Waals surface area (Å²) in [4.78, 5) is 24.8. The van der Waals surface area contributed by atoms with Crippen molar-refractivity contribution in [2.24, 2.45) is 0 Å². The Bertz CT molecular complexity index is 928. The fraction of sp³-hybridized carbons (Fsp3) is 0.238. The summed E-state index contributed by atoms with van der Waals surface area (Å²) in [5.41, 5.74) is 3.42. The first-order valence-electron chi connectivity index (χ1n) is 8.46. The predicted molar refractivity (Wildman–Crippen MR) is 105 cm³/mol. The lowest BCUT2D eigenvalue weighted by Crippen LogP contribution is -2.31. The summed E-state index contributed by atoms with van der Waals surface area (Å²) in [6.45, 7) is 5.72. The Hall–Kier alpha value is -2.66. The molecule has 0 bridgehead atoms. The molecule has 0 aliphatic heterocycles. The van der Waals surface area contributed by atoms with Crippen LogP contribution < -0.4 is 5.32 Å². The van der Waals surface area contributed by atoms with Crippen LogP contribution in [0.25, 0.3) is 10.1 Å². The second kappa shape index (κ2) is 7.70. The summed E-state index contributed by atoms with van der Waals surface area (Å²) in [6, 6.07) is 15.5. The maximum atomic E-state index is 12.2. The van der Waals surface area contributed by atoms with E-state index in [0.29, 0.717) is 4.88 Å². The highest BCUT2D eigenvalue weighted by molar-refractivity contribution is 7.20. The first-order chi connectivity index (χ1) is 12.4. The molecule has 0 spiro atoms. The highest BCUT2D eigenvalue weighted by Crippen LogP contribution is 2.25. The first kappa shape index (κ1) is 18.1. The number of benzene rings is 2. The monoisotopic (exact) mass is 367 g/mol. The van der Waals surface area contributed by atoms with Gasteiger partial charge in [-0.05, 0) is 55.0 Å². The lowest BCUT2D eigenvalue weighted by atomic mass is 10.0. The molecule has 0 saturated carbocycles. The fourth-order valence-corrected chi connectivity index (χ4v) is 3.64. The number of carbonyl (C=O) groups is 2. The van der Waals surface area contributed by atoms with Gasteiger partial charge in [0.2, 0.25) is 0 Å². The highest BCUT2D eigenvalue weighted by Gasteiger charge is 2.15. The van der Waals surface area contributed by atoms with Crippen LogP contribution in [0, 0.1) is 13.8 Å². The Morgan fingerprint density at radius 2 is 1.85 bits per heavy atom. The first-order valence-corrected chi connectivity index (χ1v) is 9.28. The van der Waals surface area contributed by atoms with Gasteiger partial charge in [-0.3, -0.25) is 4.79 Å². The van der Waals surface area contributed by atoms with Crippen LogP contribution in [0.1, 0.15) is 39.3 Å². The maximum Gasteiger partial charge on any atom is 0.348 e. The molecule has 0 radical (unpaired) electrons. The van der Waals surface area contributed by atoms with Crippen LogP contribution in [0.15, 0.2) is 48.5 Å². The number of rotatable bonds is 5. The molecule has 2 aromatic carbocycles. The molecular weight excluding hydrogens is 346 g/mol. The second-order valence-corrected chi connectivity index (χ2v) is 7.44. The van der Waals surface area contributed by atoms with Crippen molar-refractivity contribution in [1.82, 2.24) is 5.32 Å². The molecule has 4 nitrogen and oxygen atoms in total. The summed E-state index contributed by atoms with van der Waals surface area (Å²) >= 11 is 1.36. The number of ether oxygens (including phenoxy) is 1. The van der Waals surface area contributed by atoms with Gasteiger partial charge in [0.05, 0.1) is 6.04 Å². The van der Waals surface area contributed by atoms with Gasteiger partial charge in [-0.15, -0.1) is 11.3 Å². The molecule has 0 saturated heterocycles. The van der Waals surface area contributed by atoms with Crippen molar-refractivity contribution in [3.8, 4) is 0 Å². The SMILES string of the molecule is Cc1ccc([C@@H](C)NC(=O)COC(=O)c2cc3ccccc3s2)cc1C. The number of esters is 1. The van der Waals surface area contributed by atoms with Crippen LogP contribution in [-0.2, 0) is 9.53 Å². The smallest absolute Gasteiger partial charge is 0.348 e. The summed E-state index contributed by atoms with van der Waals surface area (Å²) in [7, 11) is 0. The summed E-state index contributed by atoms with van der Waals surface area (Å²) < 4.78 is 6.18. The minimum absolute atomic E-state index is 0.148. The van der Waals surface area contributed by atoms with Gasteiger partial charge in [0.1, 0.15) is 4.88 Å². The normalized spacial score (nSPS) is 12.0. The van der Waals surface area contributed by atoms with Crippen molar-refractivity contribution in [1.29, 1.82) is 0 Å². The molecule has 0 fully saturated rings. The molecule has 26 heavy (non-hydrogen) atoms. The van der Waals surface area contributed by atoms with Crippen LogP contribution >= 0.6 is 11.3 Å². The quantitative estimate of drug-likeness (QED) is 0.673. The number of hydrogen-bond donors (Lipinski definition) is 1. The average molecular weight is 367 g/mol. The number of carbonyl (C=O) groups excluding carboxylic acids is 2. The third kappa shape index (κ3) is 4.11. The molecule has 1 atom stereocenters. The minimum Gasteiger partial charge on any atom is -0.451 e. The maximum absolute atomic E-state index is 12.2. The number of nitrogens with one attached hydrogen (secondary N) is 1. The van der Waals surface area contributed by atoms with Gasteiger partial charge in [-0.1, -0.05) is 36.4 Å². The lowest BCUT2D eigenvalue weighted by molar-refractivity contribution is -0.124. The topological polar surface area (TPSA) is 55.4 Å². The number of amides is 1. The molecule has 0 aliphatic rings. The van der Waals surface area contributed by atoms with E-state index in [4.69, 9.17) is 4.74 Å². The van der Waals surface area contributed by atoms with Gasteiger partial charge >= 0.3 is 5.97 Å². The van der Waals surface area contributed by atoms with E-state index in [2.05, 4.69) is 18.3 Å². The molecule has 0 aliphatic carbocycles. The number of fused-ring (bicyclic) bond motifs is 1. The van der Waals surface area contributed by atoms with E-state index in [1.54, 1.807) is 6.07 Å². The zero-order valence-electron chi connectivity index (χ0n) is 15.0. The molecule has 1 aromatic heterocycles. The Morgan fingerprint density at radius 1 is 1.08 bits per heavy atom. The van der Waals surface area contributed by atoms with Crippen LogP contribution in [0.3, 0.4) is 0 Å². The molecule has 134 valence electrons. The highest BCUT2D eigenvalue weighted by atomic mass is 32.1. The largest absolute Gasteiger partial charge is 0.451 e. The standard InChI is InChI=1S/C21H21NO3S/c1-13-8-9-16(10-14(13)2)15(3)22-20(23)12-25-21(24)19-11-17-6-4-5-7-18(17)26-19/h4-11,15H,12H2,1-3H3,(H,22,23)/t15-/m1/s1. The molecule has 3 rings (SSSR count). The number of aryl methyl sites for hydroxylation is 2. The Labute approximate surface area is 156 Å². The zero-order valence-corrected chi connectivity index (χ0v) is 15.9. The summed E-state index contributed by atoms with van der Waals surface area (Å²) in [5, 5.41) is 3.86. The van der Waals surface area contributed by atoms with Gasteiger partial charge in [0, 0.05) is 4.70 Å². The Balaban J connectivity index is 1.56. The van der Waals surface area contributed by atoms with Gasteiger partial charge in [-0.25, -0.2) is 4.79 Å². The third-order valence-corrected chi connectivity index (χ3v) is 5.47. The van der Waals surface area contributed by atoms with Crippen molar-refractivity contribution >= 4 is 33.3 Å². The van der Waals surface area contributed by atoms with E-state index in [0.717, 1.165) is 15.6 Å². The molecule has 3 aromatic rings. The second-order valence-electron chi connectivity index (χ2n) is 6.36. The van der Waals surface area contributed by atoms with Crippen molar-refractivity contribution in [2.75, 3.05) is 6.61 Å². The number of hydrogen-bond acceptors (Lipinski definition) is 4. The molecule has 0 unspecified atom stereocenters. The zero-order chi connectivity index (χ0) is 18.7. The van der Waals surface area contributed by atoms with Gasteiger partial charge in [0.15, 0.2) is 6.61 Å². The fourth-order valence-electron chi connectivity index (χ4n) is 2.69. The lowest BCUT2D eigenvalue weighted by Gasteiger charge is -2.15. The van der Waals surface area contributed by atoms with E-state index in [1.807, 2.05) is 50.2 Å². The van der Waals surface area contributed by atoms with Crippen LogP contribution in [0.2, 0.25) is 0 Å². The van der Waals surface area contributed by atoms with E-state index >= 15 is 0 Å². The van der Waals surface area contributed by atoms with Crippen molar-refractivity contribution in [3.63, 3.8) is 0 Å². The van der Waals surface area contributed by atoms with Gasteiger partial charge < -0.3 is 10.1 Å². The average Bonchev–Trinajstić information content (AvgIpc) is 3.06. The molecular formula is C21H21NO3S. The molecule has 1 amide bonds. The van der Waals surface area contributed by atoms with Crippen molar-refractivity contribution < 1.29 is 14.3 Å². The molecule has 1 N–H and O–H groups in total. The van der Waals surface area contributed by atoms with Crippen LogP contribution in [0.5, 0.6) is 0 Å². The van der Waals surface area contributed by atoms with Crippen molar-refractivity contribution in [2.45, 2.75) is 26.8 Å². The van der Waals surface area contributed by atoms with E-state index in [-0.39, 0.29) is 18.6 Å². The van der Waals surface area contributed by atoms with Crippen LogP contribution in [0.4, 0.5) is 0 Å². The third-order valence-electron chi connectivity index (χ3n) is 4.37. The predicted octanol–water partition coefficient (Wildman–Crippen LogP) is 4.55.